The standard InChI is InChI=1S/C22H21ClN4O3/c23-17-3-1-2-4-18(17)27-21(14-7-9-24-10-8-14)16(12-25-27)22(28)26-15-5-6-19-20(11-15)30-13-29-19/h1-6,11-12,14,24H,7-10,13H2,(H,26,28). The lowest BCUT2D eigenvalue weighted by Crippen LogP contribution is -2.29. The molecule has 3 aromatic rings. The van der Waals surface area contributed by atoms with Crippen molar-refractivity contribution in [2.24, 2.45) is 0 Å². The molecule has 2 aliphatic heterocycles. The normalized spacial score (nSPS) is 15.9. The van der Waals surface area contributed by atoms with E-state index in [0.29, 0.717) is 27.8 Å². The van der Waals surface area contributed by atoms with Crippen LogP contribution in [0.4, 0.5) is 5.69 Å². The van der Waals surface area contributed by atoms with E-state index in [1.54, 1.807) is 24.4 Å². The molecule has 2 aliphatic rings. The third-order valence-electron chi connectivity index (χ3n) is 5.49. The summed E-state index contributed by atoms with van der Waals surface area (Å²) in [7, 11) is 0. The third-order valence-corrected chi connectivity index (χ3v) is 5.81. The van der Waals surface area contributed by atoms with Crippen molar-refractivity contribution in [1.82, 2.24) is 15.1 Å². The van der Waals surface area contributed by atoms with E-state index in [9.17, 15) is 4.79 Å². The SMILES string of the molecule is O=C(Nc1ccc2c(c1)OCO2)c1cnn(-c2ccccc2Cl)c1C1CCNCC1. The predicted molar refractivity (Wildman–Crippen MR) is 114 cm³/mol. The quantitative estimate of drug-likeness (QED) is 0.662. The average Bonchev–Trinajstić information content (AvgIpc) is 3.41. The van der Waals surface area contributed by atoms with E-state index in [1.165, 1.54) is 0 Å². The lowest BCUT2D eigenvalue weighted by molar-refractivity contribution is 0.102. The van der Waals surface area contributed by atoms with Gasteiger partial charge >= 0.3 is 0 Å². The van der Waals surface area contributed by atoms with Crippen LogP contribution in [0.1, 0.15) is 34.8 Å². The zero-order chi connectivity index (χ0) is 20.5. The molecule has 154 valence electrons. The van der Waals surface area contributed by atoms with Gasteiger partial charge in [-0.1, -0.05) is 23.7 Å². The number of hydrogen-bond acceptors (Lipinski definition) is 5. The molecule has 0 spiro atoms. The Morgan fingerprint density at radius 3 is 2.77 bits per heavy atom. The number of aromatic nitrogens is 2. The van der Waals surface area contributed by atoms with Gasteiger partial charge in [-0.2, -0.15) is 5.10 Å². The fraction of sp³-hybridized carbons (Fsp3) is 0.273. The van der Waals surface area contributed by atoms with E-state index in [2.05, 4.69) is 15.7 Å². The molecule has 8 heteroatoms. The van der Waals surface area contributed by atoms with Crippen LogP contribution < -0.4 is 20.1 Å². The van der Waals surface area contributed by atoms with Crippen molar-refractivity contribution in [2.45, 2.75) is 18.8 Å². The second-order valence-corrected chi connectivity index (χ2v) is 7.76. The summed E-state index contributed by atoms with van der Waals surface area (Å²) in [5.74, 6) is 1.30. The van der Waals surface area contributed by atoms with Gasteiger partial charge in [0.15, 0.2) is 11.5 Å². The van der Waals surface area contributed by atoms with Gasteiger partial charge < -0.3 is 20.1 Å². The molecule has 0 unspecified atom stereocenters. The largest absolute Gasteiger partial charge is 0.454 e. The first-order valence-electron chi connectivity index (χ1n) is 9.95. The van der Waals surface area contributed by atoms with Crippen molar-refractivity contribution in [3.05, 3.63) is 64.9 Å². The lowest BCUT2D eigenvalue weighted by atomic mass is 9.91. The van der Waals surface area contributed by atoms with Gasteiger partial charge in [0.1, 0.15) is 0 Å². The number of hydrogen-bond donors (Lipinski definition) is 2. The Kier molecular flexibility index (Phi) is 5.06. The Morgan fingerprint density at radius 1 is 1.13 bits per heavy atom. The van der Waals surface area contributed by atoms with E-state index < -0.39 is 0 Å². The van der Waals surface area contributed by atoms with Gasteiger partial charge in [0.25, 0.3) is 5.91 Å². The number of halogens is 1. The number of anilines is 1. The molecule has 0 saturated carbocycles. The van der Waals surface area contributed by atoms with Crippen LogP contribution in [0.2, 0.25) is 5.02 Å². The maximum atomic E-state index is 13.2. The number of nitrogens with zero attached hydrogens (tertiary/aromatic N) is 2. The monoisotopic (exact) mass is 424 g/mol. The number of carbonyl (C=O) groups excluding carboxylic acids is 1. The minimum Gasteiger partial charge on any atom is -0.454 e. The molecule has 0 bridgehead atoms. The minimum atomic E-state index is -0.208. The Labute approximate surface area is 178 Å². The zero-order valence-corrected chi connectivity index (χ0v) is 17.0. The van der Waals surface area contributed by atoms with Crippen LogP contribution >= 0.6 is 11.6 Å². The summed E-state index contributed by atoms with van der Waals surface area (Å²) in [5, 5.41) is 11.5. The highest BCUT2D eigenvalue weighted by Gasteiger charge is 2.28. The molecule has 1 saturated heterocycles. The topological polar surface area (TPSA) is 77.4 Å². The molecular formula is C22H21ClN4O3. The number of fused-ring (bicyclic) bond motifs is 1. The van der Waals surface area contributed by atoms with Gasteiger partial charge in [0.2, 0.25) is 6.79 Å². The smallest absolute Gasteiger partial charge is 0.259 e. The summed E-state index contributed by atoms with van der Waals surface area (Å²) in [5.41, 5.74) is 2.86. The molecule has 2 N–H and O–H groups in total. The highest BCUT2D eigenvalue weighted by Crippen LogP contribution is 2.35. The molecule has 1 amide bonds. The molecule has 5 rings (SSSR count). The van der Waals surface area contributed by atoms with Gasteiger partial charge in [-0.3, -0.25) is 4.79 Å². The number of nitrogens with one attached hydrogen (secondary N) is 2. The summed E-state index contributed by atoms with van der Waals surface area (Å²) in [6.45, 7) is 2.00. The first-order valence-corrected chi connectivity index (χ1v) is 10.3. The van der Waals surface area contributed by atoms with Crippen LogP contribution in [0.25, 0.3) is 5.69 Å². The van der Waals surface area contributed by atoms with Crippen LogP contribution in [0.15, 0.2) is 48.7 Å². The number of carbonyl (C=O) groups is 1. The lowest BCUT2D eigenvalue weighted by Gasteiger charge is -2.25. The Hall–Kier alpha value is -3.03. The molecule has 7 nitrogen and oxygen atoms in total. The van der Waals surface area contributed by atoms with E-state index in [4.69, 9.17) is 21.1 Å². The molecule has 3 heterocycles. The van der Waals surface area contributed by atoms with Crippen molar-refractivity contribution in [2.75, 3.05) is 25.2 Å². The highest BCUT2D eigenvalue weighted by atomic mass is 35.5. The fourth-order valence-corrected chi connectivity index (χ4v) is 4.23. The summed E-state index contributed by atoms with van der Waals surface area (Å²) in [6, 6.07) is 12.9. The minimum absolute atomic E-state index is 0.192. The van der Waals surface area contributed by atoms with Crippen molar-refractivity contribution >= 4 is 23.2 Å². The van der Waals surface area contributed by atoms with Gasteiger partial charge in [-0.05, 0) is 50.2 Å². The molecule has 0 aliphatic carbocycles. The van der Waals surface area contributed by atoms with Gasteiger partial charge in [0, 0.05) is 17.7 Å². The first-order chi connectivity index (χ1) is 14.7. The number of rotatable bonds is 4. The molecule has 1 aromatic heterocycles. The van der Waals surface area contributed by atoms with E-state index in [1.807, 2.05) is 28.9 Å². The van der Waals surface area contributed by atoms with Crippen molar-refractivity contribution in [1.29, 1.82) is 0 Å². The van der Waals surface area contributed by atoms with Crippen molar-refractivity contribution in [3.63, 3.8) is 0 Å². The average molecular weight is 425 g/mol. The molecule has 0 radical (unpaired) electrons. The second-order valence-electron chi connectivity index (χ2n) is 7.35. The van der Waals surface area contributed by atoms with Gasteiger partial charge in [0.05, 0.1) is 28.2 Å². The fourth-order valence-electron chi connectivity index (χ4n) is 4.01. The summed E-state index contributed by atoms with van der Waals surface area (Å²) in [4.78, 5) is 13.2. The van der Waals surface area contributed by atoms with E-state index in [0.717, 1.165) is 37.3 Å². The predicted octanol–water partition coefficient (Wildman–Crippen LogP) is 3.97. The number of ether oxygens (including phenoxy) is 2. The molecular weight excluding hydrogens is 404 g/mol. The number of benzene rings is 2. The van der Waals surface area contributed by atoms with E-state index in [-0.39, 0.29) is 18.6 Å². The molecule has 1 fully saturated rings. The summed E-state index contributed by atoms with van der Waals surface area (Å²) < 4.78 is 12.6. The van der Waals surface area contributed by atoms with Gasteiger partial charge in [-0.25, -0.2) is 4.68 Å². The molecule has 2 aromatic carbocycles. The molecule has 0 atom stereocenters. The third kappa shape index (κ3) is 3.51. The Morgan fingerprint density at radius 2 is 1.93 bits per heavy atom. The number of amides is 1. The Bertz CT molecular complexity index is 1090. The van der Waals surface area contributed by atoms with Crippen molar-refractivity contribution < 1.29 is 14.3 Å². The van der Waals surface area contributed by atoms with Crippen LogP contribution in [-0.2, 0) is 0 Å². The second kappa shape index (κ2) is 8.01. The Balaban J connectivity index is 1.51. The maximum Gasteiger partial charge on any atom is 0.259 e. The first kappa shape index (κ1) is 19.0. The highest BCUT2D eigenvalue weighted by molar-refractivity contribution is 6.32. The van der Waals surface area contributed by atoms with Crippen LogP contribution in [0.3, 0.4) is 0 Å². The van der Waals surface area contributed by atoms with Gasteiger partial charge in [-0.15, -0.1) is 0 Å². The number of para-hydroxylation sites is 1. The summed E-state index contributed by atoms with van der Waals surface area (Å²) >= 11 is 6.44. The van der Waals surface area contributed by atoms with E-state index >= 15 is 0 Å². The van der Waals surface area contributed by atoms with Crippen LogP contribution in [-0.4, -0.2) is 35.6 Å². The van der Waals surface area contributed by atoms with Crippen molar-refractivity contribution in [3.8, 4) is 17.2 Å². The maximum absolute atomic E-state index is 13.2. The molecule has 30 heavy (non-hydrogen) atoms. The summed E-state index contributed by atoms with van der Waals surface area (Å²) in [6.07, 6.45) is 3.49. The zero-order valence-electron chi connectivity index (χ0n) is 16.2. The number of piperidine rings is 1. The van der Waals surface area contributed by atoms with Crippen LogP contribution in [0.5, 0.6) is 11.5 Å². The van der Waals surface area contributed by atoms with Crippen LogP contribution in [0, 0.1) is 0 Å².